The first-order valence-corrected chi connectivity index (χ1v) is 29.6. The van der Waals surface area contributed by atoms with Crippen molar-refractivity contribution in [2.75, 3.05) is 79.3 Å². The molecule has 3 aromatic heterocycles. The maximum Gasteiger partial charge on any atom is 0.132 e. The summed E-state index contributed by atoms with van der Waals surface area (Å²) in [5.74, 6) is 0. The van der Waals surface area contributed by atoms with Crippen LogP contribution in [0.1, 0.15) is 36.6 Å². The second kappa shape index (κ2) is 20.8. The molecule has 2 N–H and O–H groups in total. The number of fused-ring (bicyclic) bond motifs is 8. The predicted molar refractivity (Wildman–Crippen MR) is 340 cm³/mol. The van der Waals surface area contributed by atoms with Crippen LogP contribution in [0.5, 0.6) is 0 Å². The van der Waals surface area contributed by atoms with Crippen molar-refractivity contribution in [3.05, 3.63) is 138 Å². The average Bonchev–Trinajstić information content (AvgIpc) is 4.02. The molecular weight excluding hydrogens is 1420 g/mol. The van der Waals surface area contributed by atoms with Gasteiger partial charge in [0.05, 0.1) is 123 Å². The number of aromatic nitrogens is 4. The lowest BCUT2D eigenvalue weighted by molar-refractivity contribution is 0.486. The van der Waals surface area contributed by atoms with Crippen LogP contribution in [-0.4, -0.2) is 89.4 Å². The minimum Gasteiger partial charge on any atom is -0.375 e. The van der Waals surface area contributed by atoms with Gasteiger partial charge in [0.25, 0.3) is 0 Å². The van der Waals surface area contributed by atoms with Crippen molar-refractivity contribution in [2.45, 2.75) is 13.8 Å². The van der Waals surface area contributed by atoms with Crippen LogP contribution in [0, 0.1) is 0 Å². The zero-order valence-corrected chi connectivity index (χ0v) is 54.0. The van der Waals surface area contributed by atoms with Crippen molar-refractivity contribution in [3.63, 3.8) is 0 Å². The van der Waals surface area contributed by atoms with Crippen LogP contribution in [0.2, 0.25) is 0 Å². The molecule has 0 saturated carbocycles. The van der Waals surface area contributed by atoms with Crippen LogP contribution < -0.4 is 18.8 Å². The second-order valence-corrected chi connectivity index (χ2v) is 26.0. The Hall–Kier alpha value is -3.16. The molecule has 0 atom stereocenters. The van der Waals surface area contributed by atoms with E-state index in [9.17, 15) is 0 Å². The number of anilines is 2. The number of H-pyrrole nitrogens is 2. The molecule has 16 heteroatoms. The molecule has 0 unspecified atom stereocenters. The molecule has 4 aromatic carbocycles. The number of rotatable bonds is 10. The van der Waals surface area contributed by atoms with Gasteiger partial charge in [0.2, 0.25) is 0 Å². The summed E-state index contributed by atoms with van der Waals surface area (Å²) in [6, 6.07) is 35.0. The van der Waals surface area contributed by atoms with Gasteiger partial charge in [-0.15, -0.1) is 0 Å². The summed E-state index contributed by atoms with van der Waals surface area (Å²) < 4.78 is 7.94. The Morgan fingerprint density at radius 1 is 0.375 bits per heavy atom. The van der Waals surface area contributed by atoms with Crippen LogP contribution in [0.25, 0.3) is 84.5 Å². The normalized spacial score (nSPS) is 13.1. The number of benzene rings is 4. The second-order valence-electron chi connectivity index (χ2n) is 19.6. The van der Waals surface area contributed by atoms with Gasteiger partial charge in [0, 0.05) is 60.8 Å². The number of aromatic amines is 2. The lowest BCUT2D eigenvalue weighted by Gasteiger charge is -2.23. The van der Waals surface area contributed by atoms with Gasteiger partial charge in [0.1, 0.15) is 11.4 Å². The minimum absolute atomic E-state index is 0.671. The van der Waals surface area contributed by atoms with Crippen molar-refractivity contribution >= 4 is 190 Å². The fraction of sp³-hybridized carbons (Fsp3) is 0.214. The molecule has 370 valence electrons. The third-order valence-electron chi connectivity index (χ3n) is 13.4. The van der Waals surface area contributed by atoms with E-state index in [1.807, 2.05) is 0 Å². The maximum absolute atomic E-state index is 5.73. The number of hydrogen-bond acceptors (Lipinski definition) is 4. The highest BCUT2D eigenvalue weighted by Gasteiger charge is 2.31. The van der Waals surface area contributed by atoms with Gasteiger partial charge in [-0.25, -0.2) is 9.97 Å². The van der Waals surface area contributed by atoms with E-state index >= 15 is 0 Å². The zero-order valence-electron chi connectivity index (χ0n) is 41.4. The first-order valence-electron chi connectivity index (χ1n) is 23.2. The number of nitrogens with zero attached hydrogens (tertiary/aromatic N) is 6. The summed E-state index contributed by atoms with van der Waals surface area (Å²) in [7, 11) is 17.3. The Morgan fingerprint density at radius 3 is 0.806 bits per heavy atom. The monoisotopic (exact) mass is 1470 g/mol. The SMILES string of the molecule is CCN(C)c1ccc(-c2c3nc(c(-c4ccc([N+](C)(C)C)cc4)c4[nH]c(c(Br)c4Br)c(-c4ccc([N+](C)(C)C)cc4)c4nc(c(-c5ccc(N(C)CC)cc5)c5[nH]c2c(Br)c5Br)C(Br)=C4Br)C(Br)=C3Br)cc1. The Bertz CT molecular complexity index is 3310. The first kappa shape index (κ1) is 53.7. The van der Waals surface area contributed by atoms with Gasteiger partial charge >= 0.3 is 0 Å². The van der Waals surface area contributed by atoms with E-state index < -0.39 is 0 Å². The van der Waals surface area contributed by atoms with Gasteiger partial charge in [-0.3, -0.25) is 8.97 Å². The highest BCUT2D eigenvalue weighted by Crippen LogP contribution is 2.53. The van der Waals surface area contributed by atoms with Crippen molar-refractivity contribution in [1.82, 2.24) is 28.9 Å². The quantitative estimate of drug-likeness (QED) is 0.134. The third-order valence-corrected chi connectivity index (χ3v) is 21.8. The molecule has 72 heavy (non-hydrogen) atoms. The van der Waals surface area contributed by atoms with E-state index in [0.717, 1.165) is 150 Å². The van der Waals surface area contributed by atoms with Crippen LogP contribution in [0.4, 0.5) is 22.7 Å². The van der Waals surface area contributed by atoms with E-state index in [0.29, 0.717) is 8.97 Å². The number of halogens is 8. The zero-order chi connectivity index (χ0) is 51.9. The summed E-state index contributed by atoms with van der Waals surface area (Å²) >= 11 is 33.1. The van der Waals surface area contributed by atoms with Crippen LogP contribution >= 0.6 is 127 Å². The molecule has 8 nitrogen and oxygen atoms in total. The summed E-state index contributed by atoms with van der Waals surface area (Å²) in [6.45, 7) is 6.07. The smallest absolute Gasteiger partial charge is 0.132 e. The van der Waals surface area contributed by atoms with E-state index in [4.69, 9.17) is 9.97 Å². The topological polar surface area (TPSA) is 63.8 Å². The number of hydrogen-bond donors (Lipinski definition) is 2. The standard InChI is InChI=1S/C56H52Br8N8/c1-11-69(3)33-21-13-29(14-22-33)37-49-41(57)42(58)50(65-49)38(30-15-23-34(24-16-30)70(4)12-2)52-44(60)46(62)54(67-52)40(32-19-27-36(28-20-32)72(8,9)10)56-48(64)47(63)55(68-56)39(53-45(61)43(59)51(37)66-53)31-17-25-35(26-18-31)71(5,6)7/h13-28,65,68H,11-12H2,1-10H3/q+2. The summed E-state index contributed by atoms with van der Waals surface area (Å²) in [6.07, 6.45) is 0. The fourth-order valence-corrected chi connectivity index (χ4v) is 12.9. The molecular formula is C56H52Br8N8+2. The Kier molecular flexibility index (Phi) is 15.5. The number of nitrogens with one attached hydrogen (secondary N) is 2. The van der Waals surface area contributed by atoms with E-state index in [1.54, 1.807) is 0 Å². The molecule has 7 aromatic rings. The largest absolute Gasteiger partial charge is 0.375 e. The van der Waals surface area contributed by atoms with Gasteiger partial charge in [-0.2, -0.15) is 0 Å². The van der Waals surface area contributed by atoms with Crippen LogP contribution in [-0.2, 0) is 0 Å². The lowest BCUT2D eigenvalue weighted by atomic mass is 10.0. The summed E-state index contributed by atoms with van der Waals surface area (Å²) in [5.41, 5.74) is 18.4. The molecule has 2 aliphatic rings. The molecule has 9 rings (SSSR count). The molecule has 0 spiro atoms. The first-order chi connectivity index (χ1) is 34.0. The van der Waals surface area contributed by atoms with E-state index in [1.165, 1.54) is 11.4 Å². The van der Waals surface area contributed by atoms with Crippen molar-refractivity contribution in [1.29, 1.82) is 0 Å². The lowest BCUT2D eigenvalue weighted by Crippen LogP contribution is -2.34. The van der Waals surface area contributed by atoms with Gasteiger partial charge in [-0.05, 0) is 236 Å². The Labute approximate surface area is 489 Å². The summed E-state index contributed by atoms with van der Waals surface area (Å²) in [5, 5.41) is 0. The maximum atomic E-state index is 5.73. The Morgan fingerprint density at radius 2 is 0.597 bits per heavy atom. The number of quaternary nitrogens is 2. The molecule has 0 saturated heterocycles. The molecule has 8 bridgehead atoms. The third kappa shape index (κ3) is 9.70. The average molecular weight is 1480 g/mol. The van der Waals surface area contributed by atoms with Gasteiger partial charge in [-0.1, -0.05) is 24.3 Å². The molecule has 0 aliphatic carbocycles. The Balaban J connectivity index is 1.56. The van der Waals surface area contributed by atoms with Gasteiger partial charge < -0.3 is 19.8 Å². The van der Waals surface area contributed by atoms with Crippen molar-refractivity contribution < 1.29 is 0 Å². The summed E-state index contributed by atoms with van der Waals surface area (Å²) in [4.78, 5) is 23.9. The molecule has 0 radical (unpaired) electrons. The van der Waals surface area contributed by atoms with E-state index in [2.05, 4.69) is 314 Å². The molecule has 0 fully saturated rings. The highest BCUT2D eigenvalue weighted by atomic mass is 79.9. The predicted octanol–water partition coefficient (Wildman–Crippen LogP) is 18.6. The van der Waals surface area contributed by atoms with Gasteiger partial charge in [0.15, 0.2) is 0 Å². The molecule has 2 aliphatic heterocycles. The molecule has 0 amide bonds. The highest BCUT2D eigenvalue weighted by molar-refractivity contribution is 9.18. The van der Waals surface area contributed by atoms with Crippen molar-refractivity contribution in [2.24, 2.45) is 0 Å². The van der Waals surface area contributed by atoms with Crippen LogP contribution in [0.3, 0.4) is 0 Å². The molecule has 5 heterocycles. The van der Waals surface area contributed by atoms with Crippen LogP contribution in [0.15, 0.2) is 115 Å². The fourth-order valence-electron chi connectivity index (χ4n) is 8.97. The van der Waals surface area contributed by atoms with Crippen molar-refractivity contribution in [3.8, 4) is 44.5 Å². The van der Waals surface area contributed by atoms with E-state index in [-0.39, 0.29) is 0 Å². The minimum atomic E-state index is 0.671.